The number of piperazine rings is 1. The van der Waals surface area contributed by atoms with E-state index in [1.807, 2.05) is 4.90 Å². The van der Waals surface area contributed by atoms with Gasteiger partial charge in [-0.1, -0.05) is 15.9 Å². The predicted molar refractivity (Wildman–Crippen MR) is 88.4 cm³/mol. The first-order valence-electron chi connectivity index (χ1n) is 6.20. The number of nitrogens with zero attached hydrogens (tertiary/aromatic N) is 1. The summed E-state index contributed by atoms with van der Waals surface area (Å²) in [4.78, 5) is 1.81. The number of benzene rings is 1. The van der Waals surface area contributed by atoms with Crippen LogP contribution in [0.1, 0.15) is 11.6 Å². The van der Waals surface area contributed by atoms with Crippen molar-refractivity contribution in [1.29, 1.82) is 0 Å². The van der Waals surface area contributed by atoms with Crippen molar-refractivity contribution in [2.45, 2.75) is 12.5 Å². The lowest BCUT2D eigenvalue weighted by Crippen LogP contribution is -2.47. The summed E-state index contributed by atoms with van der Waals surface area (Å²) in [5.41, 5.74) is 0.536. The number of nitrogens with one attached hydrogen (secondary N) is 1. The van der Waals surface area contributed by atoms with Gasteiger partial charge in [0.05, 0.1) is 7.11 Å². The minimum absolute atomic E-state index is 0. The van der Waals surface area contributed by atoms with Gasteiger partial charge in [-0.05, 0) is 18.2 Å². The third kappa shape index (κ3) is 5.21. The van der Waals surface area contributed by atoms with Crippen molar-refractivity contribution < 1.29 is 13.5 Å². The minimum atomic E-state index is -2.44. The zero-order valence-corrected chi connectivity index (χ0v) is 14.7. The van der Waals surface area contributed by atoms with E-state index >= 15 is 0 Å². The maximum Gasteiger partial charge on any atom is 0.258 e. The molecule has 1 N–H and O–H groups in total. The molecule has 0 unspecified atom stereocenters. The molecule has 0 aromatic heterocycles. The van der Waals surface area contributed by atoms with E-state index in [-0.39, 0.29) is 24.8 Å². The van der Waals surface area contributed by atoms with Crippen LogP contribution in [0.5, 0.6) is 5.75 Å². The molecule has 0 aliphatic carbocycles. The van der Waals surface area contributed by atoms with Gasteiger partial charge in [0.1, 0.15) is 11.8 Å². The maximum absolute atomic E-state index is 13.5. The van der Waals surface area contributed by atoms with Gasteiger partial charge in [-0.2, -0.15) is 0 Å². The van der Waals surface area contributed by atoms with Crippen LogP contribution in [0.4, 0.5) is 8.78 Å². The lowest BCUT2D eigenvalue weighted by atomic mass is 10.0. The standard InChI is InChI=1S/C13H17BrF2N2O.2ClH/c1-19-11-3-2-9(14)8-10(11)12(13(15)16)18-6-4-17-5-7-18;;/h2-3,8,12-13,17H,4-7H2,1H3;2*1H/t12-;;/m0../s1. The van der Waals surface area contributed by atoms with Gasteiger partial charge >= 0.3 is 0 Å². The Balaban J connectivity index is 0.00000200. The van der Waals surface area contributed by atoms with E-state index in [0.29, 0.717) is 24.4 Å². The van der Waals surface area contributed by atoms with Gasteiger partial charge in [0.15, 0.2) is 0 Å². The van der Waals surface area contributed by atoms with Crippen molar-refractivity contribution in [3.05, 3.63) is 28.2 Å². The molecule has 1 saturated heterocycles. The normalized spacial score (nSPS) is 16.8. The largest absolute Gasteiger partial charge is 0.496 e. The Kier molecular flexibility index (Phi) is 9.73. The van der Waals surface area contributed by atoms with Crippen molar-refractivity contribution in [3.63, 3.8) is 0 Å². The van der Waals surface area contributed by atoms with Crippen LogP contribution < -0.4 is 10.1 Å². The third-order valence-corrected chi connectivity index (χ3v) is 3.79. The predicted octanol–water partition coefficient (Wildman–Crippen LogP) is 3.51. The molecule has 0 amide bonds. The van der Waals surface area contributed by atoms with Crippen LogP contribution in [0, 0.1) is 0 Å². The van der Waals surface area contributed by atoms with Crippen LogP contribution >= 0.6 is 40.7 Å². The van der Waals surface area contributed by atoms with E-state index in [1.54, 1.807) is 18.2 Å². The number of halogens is 5. The molecule has 1 aromatic rings. The fraction of sp³-hybridized carbons (Fsp3) is 0.538. The van der Waals surface area contributed by atoms with Crippen molar-refractivity contribution in [2.75, 3.05) is 33.3 Å². The lowest BCUT2D eigenvalue weighted by molar-refractivity contribution is 0.0170. The SMILES string of the molecule is COc1ccc(Br)cc1[C@@H](C(F)F)N1CCNCC1.Cl.Cl. The zero-order valence-electron chi connectivity index (χ0n) is 11.5. The second kappa shape index (κ2) is 9.79. The molecule has 8 heteroatoms. The average molecular weight is 408 g/mol. The molecule has 0 spiro atoms. The van der Waals surface area contributed by atoms with Gasteiger partial charge in [0.2, 0.25) is 0 Å². The molecule has 1 aliphatic rings. The van der Waals surface area contributed by atoms with Gasteiger partial charge < -0.3 is 10.1 Å². The second-order valence-corrected chi connectivity index (χ2v) is 5.37. The molecule has 0 bridgehead atoms. The van der Waals surface area contributed by atoms with Crippen LogP contribution in [-0.4, -0.2) is 44.6 Å². The van der Waals surface area contributed by atoms with Crippen LogP contribution in [0.3, 0.4) is 0 Å². The van der Waals surface area contributed by atoms with E-state index < -0.39 is 12.5 Å². The topological polar surface area (TPSA) is 24.5 Å². The minimum Gasteiger partial charge on any atom is -0.496 e. The van der Waals surface area contributed by atoms with E-state index in [1.165, 1.54) is 7.11 Å². The molecule has 1 atom stereocenters. The molecule has 2 rings (SSSR count). The molecule has 1 aromatic carbocycles. The quantitative estimate of drug-likeness (QED) is 0.826. The Morgan fingerprint density at radius 3 is 2.38 bits per heavy atom. The Morgan fingerprint density at radius 2 is 1.86 bits per heavy atom. The van der Waals surface area contributed by atoms with E-state index in [9.17, 15) is 8.78 Å². The first kappa shape index (κ1) is 20.9. The maximum atomic E-state index is 13.5. The Morgan fingerprint density at radius 1 is 1.24 bits per heavy atom. The number of methoxy groups -OCH3 is 1. The highest BCUT2D eigenvalue weighted by atomic mass is 79.9. The highest BCUT2D eigenvalue weighted by Gasteiger charge is 2.32. The van der Waals surface area contributed by atoms with Crippen LogP contribution in [-0.2, 0) is 0 Å². The molecule has 21 heavy (non-hydrogen) atoms. The number of ether oxygens (including phenoxy) is 1. The Hall–Kier alpha value is -0.140. The number of hydrogen-bond donors (Lipinski definition) is 1. The lowest BCUT2D eigenvalue weighted by Gasteiger charge is -2.35. The van der Waals surface area contributed by atoms with Gasteiger partial charge in [0.25, 0.3) is 6.43 Å². The Labute approximate surface area is 144 Å². The fourth-order valence-electron chi connectivity index (χ4n) is 2.39. The highest BCUT2D eigenvalue weighted by Crippen LogP contribution is 2.35. The van der Waals surface area contributed by atoms with E-state index in [4.69, 9.17) is 4.74 Å². The molecule has 3 nitrogen and oxygen atoms in total. The van der Waals surface area contributed by atoms with Crippen molar-refractivity contribution >= 4 is 40.7 Å². The van der Waals surface area contributed by atoms with Crippen molar-refractivity contribution in [1.82, 2.24) is 10.2 Å². The zero-order chi connectivity index (χ0) is 13.8. The highest BCUT2D eigenvalue weighted by molar-refractivity contribution is 9.10. The van der Waals surface area contributed by atoms with Crippen molar-refractivity contribution in [2.24, 2.45) is 0 Å². The van der Waals surface area contributed by atoms with E-state index in [0.717, 1.165) is 17.6 Å². The molecular weight excluding hydrogens is 389 g/mol. The molecule has 0 radical (unpaired) electrons. The molecule has 1 fully saturated rings. The first-order chi connectivity index (χ1) is 9.13. The van der Waals surface area contributed by atoms with Gasteiger partial charge in [-0.3, -0.25) is 4.90 Å². The van der Waals surface area contributed by atoms with Crippen LogP contribution in [0.2, 0.25) is 0 Å². The number of alkyl halides is 2. The summed E-state index contributed by atoms with van der Waals surface area (Å²) in [7, 11) is 1.51. The molecule has 0 saturated carbocycles. The van der Waals surface area contributed by atoms with Gasteiger partial charge in [-0.25, -0.2) is 8.78 Å². The smallest absolute Gasteiger partial charge is 0.258 e. The monoisotopic (exact) mass is 406 g/mol. The van der Waals surface area contributed by atoms with Crippen molar-refractivity contribution in [3.8, 4) is 5.75 Å². The molecule has 122 valence electrons. The fourth-order valence-corrected chi connectivity index (χ4v) is 2.77. The third-order valence-electron chi connectivity index (χ3n) is 3.29. The van der Waals surface area contributed by atoms with Crippen LogP contribution in [0.25, 0.3) is 0 Å². The summed E-state index contributed by atoms with van der Waals surface area (Å²) in [5.74, 6) is 0.507. The summed E-state index contributed by atoms with van der Waals surface area (Å²) in [6.07, 6.45) is -2.44. The molecule has 1 heterocycles. The molecular formula is C13H19BrCl2F2N2O. The first-order valence-corrected chi connectivity index (χ1v) is 6.99. The number of rotatable bonds is 4. The second-order valence-electron chi connectivity index (χ2n) is 4.45. The van der Waals surface area contributed by atoms with Crippen LogP contribution in [0.15, 0.2) is 22.7 Å². The summed E-state index contributed by atoms with van der Waals surface area (Å²) < 4.78 is 33.0. The summed E-state index contributed by atoms with van der Waals surface area (Å²) in [5, 5.41) is 3.17. The number of hydrogen-bond acceptors (Lipinski definition) is 3. The van der Waals surface area contributed by atoms with E-state index in [2.05, 4.69) is 21.2 Å². The average Bonchev–Trinajstić information content (AvgIpc) is 2.40. The molecule has 1 aliphatic heterocycles. The summed E-state index contributed by atoms with van der Waals surface area (Å²) in [6.45, 7) is 2.70. The summed E-state index contributed by atoms with van der Waals surface area (Å²) >= 11 is 3.34. The summed E-state index contributed by atoms with van der Waals surface area (Å²) in [6, 6.07) is 4.31. The van der Waals surface area contributed by atoms with Gasteiger partial charge in [0, 0.05) is 36.2 Å². The Bertz CT molecular complexity index is 435. The van der Waals surface area contributed by atoms with Gasteiger partial charge in [-0.15, -0.1) is 24.8 Å².